The molecule has 1 aliphatic carbocycles. The maximum absolute atomic E-state index is 12.8. The summed E-state index contributed by atoms with van der Waals surface area (Å²) >= 11 is 0. The zero-order valence-electron chi connectivity index (χ0n) is 22.0. The molecule has 2 aromatic rings. The number of fused-ring (bicyclic) bond motifs is 2. The highest BCUT2D eigenvalue weighted by Crippen LogP contribution is 2.42. The van der Waals surface area contributed by atoms with Crippen LogP contribution in [0.25, 0.3) is 33.4 Å². The number of anilines is 1. The van der Waals surface area contributed by atoms with Gasteiger partial charge in [0, 0.05) is 53.0 Å². The van der Waals surface area contributed by atoms with Crippen LogP contribution < -0.4 is 21.0 Å². The fourth-order valence-corrected chi connectivity index (χ4v) is 4.53. The third-order valence-electron chi connectivity index (χ3n) is 6.51. The third-order valence-corrected chi connectivity index (χ3v) is 6.51. The van der Waals surface area contributed by atoms with E-state index in [-0.39, 0.29) is 11.5 Å². The van der Waals surface area contributed by atoms with Gasteiger partial charge in [-0.3, -0.25) is 4.79 Å². The number of aromatic carboxylic acids is 1. The number of aryl methyl sites for hydroxylation is 1. The van der Waals surface area contributed by atoms with Crippen molar-refractivity contribution in [1.29, 1.82) is 0 Å². The van der Waals surface area contributed by atoms with Gasteiger partial charge in [-0.25, -0.2) is 9.79 Å². The van der Waals surface area contributed by atoms with Crippen molar-refractivity contribution in [3.05, 3.63) is 70.6 Å². The monoisotopic (exact) mass is 500 g/mol. The Hall–Kier alpha value is -4.13. The lowest BCUT2D eigenvalue weighted by atomic mass is 9.89. The van der Waals surface area contributed by atoms with Crippen LogP contribution in [-0.2, 0) is 0 Å². The molecule has 2 aromatic carbocycles. The van der Waals surface area contributed by atoms with E-state index in [0.29, 0.717) is 34.9 Å². The number of benzene rings is 3. The number of hydrogen-bond acceptors (Lipinski definition) is 4. The van der Waals surface area contributed by atoms with E-state index < -0.39 is 5.97 Å². The van der Waals surface area contributed by atoms with E-state index in [4.69, 9.17) is 4.42 Å². The van der Waals surface area contributed by atoms with E-state index in [0.717, 1.165) is 46.1 Å². The topological polar surface area (TPSA) is 106 Å². The van der Waals surface area contributed by atoms with E-state index in [1.807, 2.05) is 51.2 Å². The van der Waals surface area contributed by atoms with E-state index in [1.165, 1.54) is 6.07 Å². The van der Waals surface area contributed by atoms with Crippen LogP contribution in [0.4, 0.5) is 5.69 Å². The van der Waals surface area contributed by atoms with Crippen LogP contribution in [0.3, 0.4) is 0 Å². The Balaban J connectivity index is 1.97. The minimum absolute atomic E-state index is 0.0661. The first kappa shape index (κ1) is 25.9. The van der Waals surface area contributed by atoms with Crippen molar-refractivity contribution in [1.82, 2.24) is 5.32 Å². The zero-order chi connectivity index (χ0) is 26.7. The summed E-state index contributed by atoms with van der Waals surface area (Å²) in [5.41, 5.74) is 5.02. The fourth-order valence-electron chi connectivity index (χ4n) is 4.53. The first-order valence-electron chi connectivity index (χ1n) is 12.6. The molecule has 1 aliphatic heterocycles. The molecule has 4 N–H and O–H groups in total. The molecule has 0 radical (unpaired) electrons. The Morgan fingerprint density at radius 3 is 2.51 bits per heavy atom. The minimum atomic E-state index is -1.10. The van der Waals surface area contributed by atoms with Gasteiger partial charge in [0.1, 0.15) is 17.9 Å². The number of carboxylic acid groups (broad SMARTS) is 1. The molecular formula is C30H34N3O4+. The van der Waals surface area contributed by atoms with Crippen molar-refractivity contribution < 1.29 is 24.1 Å². The normalized spacial score (nSPS) is 11.9. The van der Waals surface area contributed by atoms with Gasteiger partial charge in [0.05, 0.1) is 11.6 Å². The lowest BCUT2D eigenvalue weighted by Crippen LogP contribution is -2.76. The standard InChI is InChI=1S/C30H33N3O4/c1-6-32-25-16-27-24(13-18(25)4)28(22-10-8-20(31-5)15-26(22)37-27)21-9-7-19(14-23(21)30(35)36)29(34)33-12-11-17(2)3/h7-10,13-17,31H,6,11-12H2,1-5H3,(H,33,34)(H,35,36)/p+1. The van der Waals surface area contributed by atoms with Gasteiger partial charge in [0.15, 0.2) is 0 Å². The first-order valence-corrected chi connectivity index (χ1v) is 12.6. The van der Waals surface area contributed by atoms with Gasteiger partial charge in [-0.1, -0.05) is 19.9 Å². The number of hydrogen-bond donors (Lipinski definition) is 4. The summed E-state index contributed by atoms with van der Waals surface area (Å²) in [5, 5.41) is 18.0. The molecule has 0 atom stereocenters. The second-order valence-corrected chi connectivity index (χ2v) is 9.64. The molecule has 0 aromatic heterocycles. The molecule has 0 saturated heterocycles. The van der Waals surface area contributed by atoms with Crippen molar-refractivity contribution in [3.63, 3.8) is 0 Å². The number of rotatable bonds is 8. The minimum Gasteiger partial charge on any atom is -0.478 e. The summed E-state index contributed by atoms with van der Waals surface area (Å²) in [7, 11) is 1.84. The van der Waals surface area contributed by atoms with Gasteiger partial charge in [-0.15, -0.1) is 0 Å². The van der Waals surface area contributed by atoms with E-state index >= 15 is 0 Å². The number of carbonyl (C=O) groups excluding carboxylic acids is 1. The molecule has 1 heterocycles. The summed E-state index contributed by atoms with van der Waals surface area (Å²) in [6.45, 7) is 9.53. The summed E-state index contributed by atoms with van der Waals surface area (Å²) in [4.78, 5) is 28.6. The Bertz CT molecular complexity index is 1520. The van der Waals surface area contributed by atoms with Gasteiger partial charge in [0.2, 0.25) is 5.36 Å². The van der Waals surface area contributed by atoms with Gasteiger partial charge in [-0.05, 0) is 62.1 Å². The molecule has 7 heteroatoms. The first-order chi connectivity index (χ1) is 17.7. The van der Waals surface area contributed by atoms with Crippen LogP contribution >= 0.6 is 0 Å². The Kier molecular flexibility index (Phi) is 7.62. The number of nitrogens with one attached hydrogen (secondary N) is 3. The molecular weight excluding hydrogens is 466 g/mol. The summed E-state index contributed by atoms with van der Waals surface area (Å²) in [6.07, 6.45) is 0.851. The fraction of sp³-hybridized carbons (Fsp3) is 0.300. The summed E-state index contributed by atoms with van der Waals surface area (Å²) in [6, 6.07) is 14.6. The lowest BCUT2D eigenvalue weighted by molar-refractivity contribution is -0.496. The smallest absolute Gasteiger partial charge is 0.336 e. The van der Waals surface area contributed by atoms with Crippen LogP contribution in [-0.4, -0.2) is 37.1 Å². The highest BCUT2D eigenvalue weighted by atomic mass is 16.4. The number of amides is 1. The molecule has 0 spiro atoms. The molecule has 0 saturated carbocycles. The van der Waals surface area contributed by atoms with Crippen LogP contribution in [0.15, 0.2) is 52.9 Å². The molecule has 7 nitrogen and oxygen atoms in total. The van der Waals surface area contributed by atoms with Crippen molar-refractivity contribution in [3.8, 4) is 22.5 Å². The average molecular weight is 501 g/mol. The predicted octanol–water partition coefficient (Wildman–Crippen LogP) is 4.03. The van der Waals surface area contributed by atoms with Crippen LogP contribution in [0.2, 0.25) is 0 Å². The van der Waals surface area contributed by atoms with Crippen molar-refractivity contribution >= 4 is 28.5 Å². The molecule has 0 fully saturated rings. The largest absolute Gasteiger partial charge is 0.478 e. The highest BCUT2D eigenvalue weighted by molar-refractivity contribution is 6.09. The van der Waals surface area contributed by atoms with Crippen LogP contribution in [0.5, 0.6) is 0 Å². The molecule has 192 valence electrons. The van der Waals surface area contributed by atoms with Gasteiger partial charge in [-0.2, -0.15) is 0 Å². The van der Waals surface area contributed by atoms with Gasteiger partial charge >= 0.3 is 5.97 Å². The Morgan fingerprint density at radius 1 is 1.05 bits per heavy atom. The molecule has 0 unspecified atom stereocenters. The third kappa shape index (κ3) is 5.35. The second-order valence-electron chi connectivity index (χ2n) is 9.64. The number of carboxylic acids is 1. The predicted molar refractivity (Wildman–Crippen MR) is 146 cm³/mol. The van der Waals surface area contributed by atoms with Crippen LogP contribution in [0.1, 0.15) is 53.5 Å². The number of carbonyl (C=O) groups is 2. The Labute approximate surface area is 216 Å². The second kappa shape index (κ2) is 10.9. The molecule has 37 heavy (non-hydrogen) atoms. The SMILES string of the molecule is CC[NH+]=c1cc2oc3cc(NC)ccc3c(-c3ccc(C(=O)NCCC(C)C)cc3C(=O)O)c-2cc1C. The maximum Gasteiger partial charge on any atom is 0.336 e. The molecule has 0 bridgehead atoms. The lowest BCUT2D eigenvalue weighted by Gasteiger charge is -2.18. The van der Waals surface area contributed by atoms with Crippen molar-refractivity contribution in [2.45, 2.75) is 34.1 Å². The highest BCUT2D eigenvalue weighted by Gasteiger charge is 2.24. The van der Waals surface area contributed by atoms with Crippen molar-refractivity contribution in [2.75, 3.05) is 25.5 Å². The molecule has 1 amide bonds. The van der Waals surface area contributed by atoms with E-state index in [9.17, 15) is 14.7 Å². The zero-order valence-corrected chi connectivity index (χ0v) is 22.0. The van der Waals surface area contributed by atoms with Crippen LogP contribution in [0, 0.1) is 12.8 Å². The van der Waals surface area contributed by atoms with Gasteiger partial charge < -0.3 is 20.2 Å². The van der Waals surface area contributed by atoms with E-state index in [1.54, 1.807) is 12.1 Å². The van der Waals surface area contributed by atoms with Gasteiger partial charge in [0.25, 0.3) is 5.91 Å². The summed E-state index contributed by atoms with van der Waals surface area (Å²) < 4.78 is 6.33. The average Bonchev–Trinajstić information content (AvgIpc) is 2.87. The Morgan fingerprint density at radius 2 is 1.84 bits per heavy atom. The van der Waals surface area contributed by atoms with Crippen molar-refractivity contribution in [2.24, 2.45) is 5.92 Å². The molecule has 4 rings (SSSR count). The molecule has 2 aliphatic rings. The maximum atomic E-state index is 12.8. The quantitative estimate of drug-likeness (QED) is 0.274. The van der Waals surface area contributed by atoms with E-state index in [2.05, 4.69) is 29.5 Å². The summed E-state index contributed by atoms with van der Waals surface area (Å²) in [5.74, 6) is -0.273.